The number of ether oxygens (including phenoxy) is 1. The van der Waals surface area contributed by atoms with Crippen molar-refractivity contribution in [3.63, 3.8) is 0 Å². The summed E-state index contributed by atoms with van der Waals surface area (Å²) in [7, 11) is 0. The van der Waals surface area contributed by atoms with Crippen molar-refractivity contribution in [2.45, 2.75) is 6.92 Å². The van der Waals surface area contributed by atoms with Gasteiger partial charge in [0.2, 0.25) is 5.96 Å². The van der Waals surface area contributed by atoms with E-state index >= 15 is 0 Å². The van der Waals surface area contributed by atoms with E-state index in [1.54, 1.807) is 5.48 Å². The predicted molar refractivity (Wildman–Crippen MR) is 61.7 cm³/mol. The number of hydrogen-bond donors (Lipinski definition) is 3. The molecule has 86 valence electrons. The fourth-order valence-corrected chi connectivity index (χ4v) is 1.00. The van der Waals surface area contributed by atoms with Gasteiger partial charge in [-0.3, -0.25) is 5.21 Å². The van der Waals surface area contributed by atoms with Crippen molar-refractivity contribution in [2.24, 2.45) is 15.9 Å². The third-order valence-corrected chi connectivity index (χ3v) is 1.77. The summed E-state index contributed by atoms with van der Waals surface area (Å²) in [5, 5.41) is 15.3. The maximum atomic E-state index is 8.29. The molecule has 1 rings (SSSR count). The number of hydroxylamine groups is 1. The molecule has 6 nitrogen and oxygen atoms in total. The summed E-state index contributed by atoms with van der Waals surface area (Å²) in [6, 6.07) is 7.66. The van der Waals surface area contributed by atoms with E-state index in [0.29, 0.717) is 0 Å². The number of rotatable bonds is 4. The van der Waals surface area contributed by atoms with E-state index in [1.807, 2.05) is 31.2 Å². The second kappa shape index (κ2) is 6.41. The van der Waals surface area contributed by atoms with Crippen LogP contribution in [0.1, 0.15) is 5.56 Å². The molecule has 0 saturated heterocycles. The Morgan fingerprint density at radius 1 is 1.56 bits per heavy atom. The minimum Gasteiger partial charge on any atom is -0.488 e. The number of para-hydroxylation sites is 1. The molecule has 0 heterocycles. The van der Waals surface area contributed by atoms with Crippen LogP contribution in [0.2, 0.25) is 0 Å². The zero-order valence-electron chi connectivity index (χ0n) is 8.92. The maximum Gasteiger partial charge on any atom is 0.237 e. The second-order valence-corrected chi connectivity index (χ2v) is 2.97. The van der Waals surface area contributed by atoms with Crippen LogP contribution in [0.4, 0.5) is 0 Å². The highest BCUT2D eigenvalue weighted by Crippen LogP contribution is 2.15. The molecule has 4 N–H and O–H groups in total. The lowest BCUT2D eigenvalue weighted by Gasteiger charge is -2.04. The number of hydrogen-bond acceptors (Lipinski definition) is 4. The van der Waals surface area contributed by atoms with Gasteiger partial charge in [-0.15, -0.1) is 5.10 Å². The van der Waals surface area contributed by atoms with Crippen molar-refractivity contribution < 1.29 is 9.94 Å². The number of nitrogens with two attached hydrogens (primary N) is 1. The van der Waals surface area contributed by atoms with Gasteiger partial charge in [0.25, 0.3) is 0 Å². The van der Waals surface area contributed by atoms with Gasteiger partial charge in [0.05, 0.1) is 6.21 Å². The van der Waals surface area contributed by atoms with Gasteiger partial charge >= 0.3 is 0 Å². The average molecular weight is 222 g/mol. The highest BCUT2D eigenvalue weighted by atomic mass is 16.5. The first-order chi connectivity index (χ1) is 7.74. The van der Waals surface area contributed by atoms with Crippen LogP contribution < -0.4 is 16.0 Å². The molecule has 6 heteroatoms. The SMILES string of the molecule is Cc1ccccc1OC/C=N\N=C(N)NO. The normalized spacial score (nSPS) is 11.8. The van der Waals surface area contributed by atoms with Crippen LogP contribution in [0.25, 0.3) is 0 Å². The lowest BCUT2D eigenvalue weighted by atomic mass is 10.2. The Balaban J connectivity index is 2.39. The predicted octanol–water partition coefficient (Wildman–Crippen LogP) is 0.653. The average Bonchev–Trinajstić information content (AvgIpc) is 2.30. The summed E-state index contributed by atoms with van der Waals surface area (Å²) in [6.45, 7) is 2.24. The van der Waals surface area contributed by atoms with Crippen molar-refractivity contribution in [1.29, 1.82) is 0 Å². The topological polar surface area (TPSA) is 92.2 Å². The first kappa shape index (κ1) is 12.0. The van der Waals surface area contributed by atoms with Gasteiger partial charge in [0.15, 0.2) is 0 Å². The lowest BCUT2D eigenvalue weighted by molar-refractivity contribution is 0.232. The van der Waals surface area contributed by atoms with Crippen LogP contribution >= 0.6 is 0 Å². The van der Waals surface area contributed by atoms with E-state index < -0.39 is 0 Å². The van der Waals surface area contributed by atoms with Gasteiger partial charge < -0.3 is 10.5 Å². The number of nitrogens with one attached hydrogen (secondary N) is 1. The lowest BCUT2D eigenvalue weighted by Crippen LogP contribution is -2.27. The summed E-state index contributed by atoms with van der Waals surface area (Å²) in [5.74, 6) is 0.623. The fourth-order valence-electron chi connectivity index (χ4n) is 1.00. The first-order valence-electron chi connectivity index (χ1n) is 4.67. The van der Waals surface area contributed by atoms with E-state index in [2.05, 4.69) is 10.2 Å². The molecular weight excluding hydrogens is 208 g/mol. The maximum absolute atomic E-state index is 8.29. The Labute approximate surface area is 93.4 Å². The molecule has 16 heavy (non-hydrogen) atoms. The van der Waals surface area contributed by atoms with Gasteiger partial charge in [-0.2, -0.15) is 5.10 Å². The van der Waals surface area contributed by atoms with Crippen LogP contribution in [0.3, 0.4) is 0 Å². The Hall–Kier alpha value is -2.08. The van der Waals surface area contributed by atoms with Gasteiger partial charge in [-0.1, -0.05) is 18.2 Å². The molecule has 0 spiro atoms. The first-order valence-corrected chi connectivity index (χ1v) is 4.67. The van der Waals surface area contributed by atoms with Crippen molar-refractivity contribution in [3.05, 3.63) is 29.8 Å². The molecule has 0 radical (unpaired) electrons. The summed E-state index contributed by atoms with van der Waals surface area (Å²) in [4.78, 5) is 0. The Morgan fingerprint density at radius 3 is 3.00 bits per heavy atom. The van der Waals surface area contributed by atoms with E-state index in [-0.39, 0.29) is 12.6 Å². The van der Waals surface area contributed by atoms with Crippen molar-refractivity contribution in [1.82, 2.24) is 5.48 Å². The summed E-state index contributed by atoms with van der Waals surface area (Å²) in [5.41, 5.74) is 7.83. The van der Waals surface area contributed by atoms with Crippen molar-refractivity contribution in [3.8, 4) is 5.75 Å². The minimum atomic E-state index is -0.174. The van der Waals surface area contributed by atoms with Crippen molar-refractivity contribution in [2.75, 3.05) is 6.61 Å². The zero-order chi connectivity index (χ0) is 11.8. The highest BCUT2D eigenvalue weighted by Gasteiger charge is 1.94. The monoisotopic (exact) mass is 222 g/mol. The van der Waals surface area contributed by atoms with Crippen LogP contribution in [-0.4, -0.2) is 24.0 Å². The molecule has 0 aromatic heterocycles. The van der Waals surface area contributed by atoms with E-state index in [9.17, 15) is 0 Å². The van der Waals surface area contributed by atoms with Crippen LogP contribution in [-0.2, 0) is 0 Å². The number of aryl methyl sites for hydroxylation is 1. The molecule has 0 amide bonds. The third-order valence-electron chi connectivity index (χ3n) is 1.77. The van der Waals surface area contributed by atoms with Crippen molar-refractivity contribution >= 4 is 12.2 Å². The molecule has 0 saturated carbocycles. The van der Waals surface area contributed by atoms with Crippen LogP contribution in [0.15, 0.2) is 34.5 Å². The number of benzene rings is 1. The molecule has 0 fully saturated rings. The minimum absolute atomic E-state index is 0.174. The highest BCUT2D eigenvalue weighted by molar-refractivity contribution is 5.77. The summed E-state index contributed by atoms with van der Waals surface area (Å²) >= 11 is 0. The molecule has 0 aliphatic heterocycles. The standard InChI is InChI=1S/C10H14N4O2/c1-8-4-2-3-5-9(8)16-7-6-12-13-10(11)14-15/h2-6,15H,7H2,1H3,(H3,11,13,14)/b12-6-. The molecule has 0 atom stereocenters. The number of guanidine groups is 1. The van der Waals surface area contributed by atoms with Crippen LogP contribution in [0, 0.1) is 6.92 Å². The Bertz CT molecular complexity index is 390. The third kappa shape index (κ3) is 3.97. The molecule has 0 unspecified atom stereocenters. The smallest absolute Gasteiger partial charge is 0.237 e. The molecule has 1 aromatic rings. The van der Waals surface area contributed by atoms with E-state index in [1.165, 1.54) is 6.21 Å². The molecule has 0 aliphatic rings. The van der Waals surface area contributed by atoms with Gasteiger partial charge in [-0.05, 0) is 18.6 Å². The van der Waals surface area contributed by atoms with Crippen LogP contribution in [0.5, 0.6) is 5.75 Å². The van der Waals surface area contributed by atoms with Gasteiger partial charge in [0.1, 0.15) is 12.4 Å². The summed E-state index contributed by atoms with van der Waals surface area (Å²) < 4.78 is 5.41. The van der Waals surface area contributed by atoms with Gasteiger partial charge in [0, 0.05) is 0 Å². The quantitative estimate of drug-likeness (QED) is 0.396. The zero-order valence-corrected chi connectivity index (χ0v) is 8.92. The molecule has 1 aromatic carbocycles. The summed E-state index contributed by atoms with van der Waals surface area (Å²) in [6.07, 6.45) is 1.44. The Kier molecular flexibility index (Phi) is 4.81. The largest absolute Gasteiger partial charge is 0.488 e. The Morgan fingerprint density at radius 2 is 2.31 bits per heavy atom. The second-order valence-electron chi connectivity index (χ2n) is 2.97. The van der Waals surface area contributed by atoms with E-state index in [4.69, 9.17) is 15.7 Å². The molecule has 0 bridgehead atoms. The fraction of sp³-hybridized carbons (Fsp3) is 0.200. The van der Waals surface area contributed by atoms with E-state index in [0.717, 1.165) is 11.3 Å². The molecule has 0 aliphatic carbocycles. The van der Waals surface area contributed by atoms with Gasteiger partial charge in [-0.25, -0.2) is 5.48 Å². The number of nitrogens with zero attached hydrogens (tertiary/aromatic N) is 2. The molecular formula is C10H14N4O2.